The topological polar surface area (TPSA) is 46.5 Å². The molecule has 3 nitrogen and oxygen atoms in total. The molecule has 0 amide bonds. The van der Waals surface area contributed by atoms with E-state index >= 15 is 0 Å². The summed E-state index contributed by atoms with van der Waals surface area (Å²) in [6.45, 7) is 0.0511. The number of esters is 1. The van der Waals surface area contributed by atoms with Gasteiger partial charge in [0.05, 0.1) is 17.2 Å². The first-order valence-electron chi connectivity index (χ1n) is 5.81. The zero-order chi connectivity index (χ0) is 13.7. The molecule has 0 aromatic heterocycles. The molecule has 0 aliphatic rings. The van der Waals surface area contributed by atoms with Crippen LogP contribution in [0.1, 0.15) is 21.5 Å². The summed E-state index contributed by atoms with van der Waals surface area (Å²) >= 11 is 5.95. The van der Waals surface area contributed by atoms with E-state index < -0.39 is 5.97 Å². The Morgan fingerprint density at radius 3 is 2.53 bits per heavy atom. The second kappa shape index (κ2) is 6.36. The SMILES string of the molecule is O=C(OCc1ccccc1)c1cc(CO)ccc1Cl. The van der Waals surface area contributed by atoms with E-state index in [0.717, 1.165) is 5.56 Å². The summed E-state index contributed by atoms with van der Waals surface area (Å²) in [7, 11) is 0. The van der Waals surface area contributed by atoms with E-state index in [4.69, 9.17) is 21.4 Å². The number of carbonyl (C=O) groups excluding carboxylic acids is 1. The van der Waals surface area contributed by atoms with Gasteiger partial charge in [0.15, 0.2) is 0 Å². The largest absolute Gasteiger partial charge is 0.457 e. The molecule has 0 radical (unpaired) electrons. The lowest BCUT2D eigenvalue weighted by molar-refractivity contribution is 0.0472. The Labute approximate surface area is 116 Å². The molecule has 0 unspecified atom stereocenters. The first-order chi connectivity index (χ1) is 9.20. The summed E-state index contributed by atoms with van der Waals surface area (Å²) in [5, 5.41) is 9.36. The molecular formula is C15H13ClO3. The van der Waals surface area contributed by atoms with Crippen LogP contribution >= 0.6 is 11.6 Å². The zero-order valence-electron chi connectivity index (χ0n) is 10.2. The predicted octanol–water partition coefficient (Wildman–Crippen LogP) is 3.19. The van der Waals surface area contributed by atoms with Crippen LogP contribution in [0.4, 0.5) is 0 Å². The monoisotopic (exact) mass is 276 g/mol. The highest BCUT2D eigenvalue weighted by Crippen LogP contribution is 2.19. The smallest absolute Gasteiger partial charge is 0.339 e. The van der Waals surface area contributed by atoms with Crippen LogP contribution < -0.4 is 0 Å². The van der Waals surface area contributed by atoms with Crippen LogP contribution in [0.2, 0.25) is 5.02 Å². The highest BCUT2D eigenvalue weighted by Gasteiger charge is 2.12. The number of aliphatic hydroxyl groups is 1. The van der Waals surface area contributed by atoms with E-state index in [1.165, 1.54) is 6.07 Å². The molecular weight excluding hydrogens is 264 g/mol. The van der Waals surface area contributed by atoms with Crippen LogP contribution in [0.3, 0.4) is 0 Å². The lowest BCUT2D eigenvalue weighted by Gasteiger charge is -2.07. The first kappa shape index (κ1) is 13.6. The van der Waals surface area contributed by atoms with Crippen LogP contribution in [0.5, 0.6) is 0 Å². The van der Waals surface area contributed by atoms with Crippen molar-refractivity contribution in [1.82, 2.24) is 0 Å². The van der Waals surface area contributed by atoms with Crippen LogP contribution in [-0.4, -0.2) is 11.1 Å². The maximum Gasteiger partial charge on any atom is 0.339 e. The minimum Gasteiger partial charge on any atom is -0.457 e. The number of aliphatic hydroxyl groups excluding tert-OH is 1. The van der Waals surface area contributed by atoms with E-state index in [9.17, 15) is 4.79 Å². The molecule has 0 aliphatic carbocycles. The molecule has 0 fully saturated rings. The second-order valence-electron chi connectivity index (χ2n) is 4.03. The van der Waals surface area contributed by atoms with Crippen LogP contribution in [0.25, 0.3) is 0 Å². The third-order valence-electron chi connectivity index (χ3n) is 2.65. The lowest BCUT2D eigenvalue weighted by atomic mass is 10.1. The third kappa shape index (κ3) is 3.56. The highest BCUT2D eigenvalue weighted by molar-refractivity contribution is 6.33. The van der Waals surface area contributed by atoms with Gasteiger partial charge < -0.3 is 9.84 Å². The van der Waals surface area contributed by atoms with Crippen LogP contribution in [-0.2, 0) is 18.0 Å². The third-order valence-corrected chi connectivity index (χ3v) is 2.98. The average Bonchev–Trinajstić information content (AvgIpc) is 2.46. The molecule has 1 N–H and O–H groups in total. The lowest BCUT2D eigenvalue weighted by Crippen LogP contribution is -2.06. The number of ether oxygens (including phenoxy) is 1. The molecule has 98 valence electrons. The van der Waals surface area contributed by atoms with E-state index in [-0.39, 0.29) is 18.8 Å². The standard InChI is InChI=1S/C15H13ClO3/c16-14-7-6-12(9-17)8-13(14)15(18)19-10-11-4-2-1-3-5-11/h1-8,17H,9-10H2. The maximum atomic E-state index is 11.9. The minimum atomic E-state index is -0.496. The van der Waals surface area contributed by atoms with Crippen molar-refractivity contribution in [2.45, 2.75) is 13.2 Å². The Kier molecular flexibility index (Phi) is 4.55. The summed E-state index contributed by atoms with van der Waals surface area (Å²) in [6, 6.07) is 14.2. The number of halogens is 1. The van der Waals surface area contributed by atoms with Crippen LogP contribution in [0.15, 0.2) is 48.5 Å². The number of benzene rings is 2. The van der Waals surface area contributed by atoms with Gasteiger partial charge in [-0.2, -0.15) is 0 Å². The number of rotatable bonds is 4. The highest BCUT2D eigenvalue weighted by atomic mass is 35.5. The van der Waals surface area contributed by atoms with Gasteiger partial charge in [-0.1, -0.05) is 48.0 Å². The fraction of sp³-hybridized carbons (Fsp3) is 0.133. The molecule has 0 saturated carbocycles. The number of carbonyl (C=O) groups is 1. The van der Waals surface area contributed by atoms with Crippen molar-refractivity contribution >= 4 is 17.6 Å². The number of hydrogen-bond acceptors (Lipinski definition) is 3. The van der Waals surface area contributed by atoms with Gasteiger partial charge in [-0.3, -0.25) is 0 Å². The summed E-state index contributed by atoms with van der Waals surface area (Å²) < 4.78 is 5.19. The average molecular weight is 277 g/mol. The molecule has 0 atom stereocenters. The van der Waals surface area contributed by atoms with Gasteiger partial charge >= 0.3 is 5.97 Å². The Morgan fingerprint density at radius 2 is 1.84 bits per heavy atom. The Bertz CT molecular complexity index is 567. The fourth-order valence-corrected chi connectivity index (χ4v) is 1.82. The number of hydrogen-bond donors (Lipinski definition) is 1. The normalized spacial score (nSPS) is 10.2. The first-order valence-corrected chi connectivity index (χ1v) is 6.19. The van der Waals surface area contributed by atoms with Gasteiger partial charge in [-0.05, 0) is 23.3 Å². The molecule has 2 aromatic rings. The van der Waals surface area contributed by atoms with Crippen molar-refractivity contribution in [3.63, 3.8) is 0 Å². The fourth-order valence-electron chi connectivity index (χ4n) is 1.63. The van der Waals surface area contributed by atoms with Crippen molar-refractivity contribution in [3.05, 3.63) is 70.2 Å². The van der Waals surface area contributed by atoms with Gasteiger partial charge in [0.1, 0.15) is 6.61 Å². The zero-order valence-corrected chi connectivity index (χ0v) is 10.9. The van der Waals surface area contributed by atoms with Gasteiger partial charge in [0.25, 0.3) is 0 Å². The Morgan fingerprint density at radius 1 is 1.11 bits per heavy atom. The second-order valence-corrected chi connectivity index (χ2v) is 4.44. The summed E-state index contributed by atoms with van der Waals surface area (Å²) in [6.07, 6.45) is 0. The molecule has 0 saturated heterocycles. The Balaban J connectivity index is 2.08. The van der Waals surface area contributed by atoms with Crippen molar-refractivity contribution in [1.29, 1.82) is 0 Å². The molecule has 0 heterocycles. The van der Waals surface area contributed by atoms with Crippen molar-refractivity contribution in [3.8, 4) is 0 Å². The van der Waals surface area contributed by atoms with E-state index in [1.807, 2.05) is 30.3 Å². The summed E-state index contributed by atoms with van der Waals surface area (Å²) in [4.78, 5) is 11.9. The van der Waals surface area contributed by atoms with E-state index in [0.29, 0.717) is 10.6 Å². The molecule has 2 rings (SSSR count). The van der Waals surface area contributed by atoms with Gasteiger partial charge in [0.2, 0.25) is 0 Å². The van der Waals surface area contributed by atoms with Gasteiger partial charge in [0, 0.05) is 0 Å². The van der Waals surface area contributed by atoms with Gasteiger partial charge in [-0.25, -0.2) is 4.79 Å². The van der Waals surface area contributed by atoms with Crippen molar-refractivity contribution in [2.24, 2.45) is 0 Å². The molecule has 0 bridgehead atoms. The summed E-state index contributed by atoms with van der Waals surface area (Å²) in [5.41, 5.74) is 1.80. The van der Waals surface area contributed by atoms with Gasteiger partial charge in [-0.15, -0.1) is 0 Å². The van der Waals surface area contributed by atoms with Crippen molar-refractivity contribution < 1.29 is 14.6 Å². The quantitative estimate of drug-likeness (QED) is 0.873. The van der Waals surface area contributed by atoms with Crippen LogP contribution in [0, 0.1) is 0 Å². The predicted molar refractivity (Wildman–Crippen MR) is 72.9 cm³/mol. The molecule has 0 spiro atoms. The Hall–Kier alpha value is -1.84. The minimum absolute atomic E-state index is 0.143. The molecule has 2 aromatic carbocycles. The molecule has 19 heavy (non-hydrogen) atoms. The van der Waals surface area contributed by atoms with Crippen molar-refractivity contribution in [2.75, 3.05) is 0 Å². The van der Waals surface area contributed by atoms with E-state index in [1.54, 1.807) is 12.1 Å². The molecule has 4 heteroatoms. The summed E-state index contributed by atoms with van der Waals surface area (Å²) in [5.74, 6) is -0.496. The molecule has 0 aliphatic heterocycles. The van der Waals surface area contributed by atoms with E-state index in [2.05, 4.69) is 0 Å². The maximum absolute atomic E-state index is 11.9.